The molecule has 2 aromatic rings. The summed E-state index contributed by atoms with van der Waals surface area (Å²) in [5.74, 6) is 0. The van der Waals surface area contributed by atoms with Crippen molar-refractivity contribution >= 4 is 0 Å². The molecule has 0 heteroatoms. The van der Waals surface area contributed by atoms with E-state index < -0.39 is 0 Å². The Hall–Kier alpha value is -1.56. The first kappa shape index (κ1) is 12.5. The van der Waals surface area contributed by atoms with E-state index in [2.05, 4.69) is 64.1 Å². The first-order valence-electron chi connectivity index (χ1n) is 7.26. The lowest BCUT2D eigenvalue weighted by atomic mass is 9.78. The van der Waals surface area contributed by atoms with Crippen LogP contribution in [0.4, 0.5) is 0 Å². The van der Waals surface area contributed by atoms with E-state index in [0.717, 1.165) is 12.8 Å². The lowest BCUT2D eigenvalue weighted by Crippen LogP contribution is -2.17. The summed E-state index contributed by atoms with van der Waals surface area (Å²) in [5.41, 5.74) is 9.24. The second-order valence-electron chi connectivity index (χ2n) is 6.56. The highest BCUT2D eigenvalue weighted by molar-refractivity contribution is 5.79. The van der Waals surface area contributed by atoms with Crippen molar-refractivity contribution in [1.82, 2.24) is 0 Å². The van der Waals surface area contributed by atoms with Gasteiger partial charge in [0, 0.05) is 0 Å². The molecule has 3 rings (SSSR count). The van der Waals surface area contributed by atoms with Crippen LogP contribution in [-0.4, -0.2) is 0 Å². The molecule has 0 fully saturated rings. The van der Waals surface area contributed by atoms with Gasteiger partial charge in [0.25, 0.3) is 0 Å². The first-order valence-corrected chi connectivity index (χ1v) is 7.26. The van der Waals surface area contributed by atoms with Crippen molar-refractivity contribution in [3.05, 3.63) is 58.7 Å². The molecule has 0 aromatic heterocycles. The quantitative estimate of drug-likeness (QED) is 0.562. The number of benzene rings is 2. The number of hydrogen-bond donors (Lipinski definition) is 0. The molecule has 0 heterocycles. The summed E-state index contributed by atoms with van der Waals surface area (Å²) in [7, 11) is 0. The van der Waals surface area contributed by atoms with E-state index in [1.54, 1.807) is 11.1 Å². The van der Waals surface area contributed by atoms with Crippen molar-refractivity contribution < 1.29 is 0 Å². The summed E-state index contributed by atoms with van der Waals surface area (Å²) >= 11 is 0. The van der Waals surface area contributed by atoms with Gasteiger partial charge in [0.2, 0.25) is 0 Å². The molecule has 0 atom stereocenters. The van der Waals surface area contributed by atoms with Gasteiger partial charge in [0.05, 0.1) is 0 Å². The van der Waals surface area contributed by atoms with Crippen molar-refractivity contribution in [3.8, 4) is 11.1 Å². The predicted octanol–water partition coefficient (Wildman–Crippen LogP) is 5.12. The highest BCUT2D eigenvalue weighted by Crippen LogP contribution is 2.43. The van der Waals surface area contributed by atoms with Crippen LogP contribution in [0, 0.1) is 0 Å². The van der Waals surface area contributed by atoms with Crippen LogP contribution in [0.5, 0.6) is 0 Å². The highest BCUT2D eigenvalue weighted by Gasteiger charge is 2.27. The summed E-state index contributed by atoms with van der Waals surface area (Å²) < 4.78 is 0. The van der Waals surface area contributed by atoms with Gasteiger partial charge in [-0.15, -0.1) is 0 Å². The van der Waals surface area contributed by atoms with Gasteiger partial charge < -0.3 is 0 Å². The minimum Gasteiger partial charge on any atom is -0.0619 e. The molecule has 2 aromatic carbocycles. The Labute approximate surface area is 116 Å². The Bertz CT molecular complexity index is 627. The van der Waals surface area contributed by atoms with E-state index in [1.165, 1.54) is 22.3 Å². The van der Waals surface area contributed by atoms with Crippen LogP contribution >= 0.6 is 0 Å². The third kappa shape index (κ3) is 1.90. The maximum atomic E-state index is 2.34. The van der Waals surface area contributed by atoms with Crippen LogP contribution in [0.25, 0.3) is 11.1 Å². The monoisotopic (exact) mass is 250 g/mol. The van der Waals surface area contributed by atoms with Crippen LogP contribution in [0.3, 0.4) is 0 Å². The van der Waals surface area contributed by atoms with Crippen LogP contribution in [-0.2, 0) is 18.3 Å². The van der Waals surface area contributed by atoms with Crippen molar-refractivity contribution in [2.45, 2.75) is 46.0 Å². The van der Waals surface area contributed by atoms with Gasteiger partial charge in [-0.1, -0.05) is 64.1 Å². The summed E-state index contributed by atoms with van der Waals surface area (Å²) in [4.78, 5) is 0. The minimum atomic E-state index is 0.221. The zero-order chi connectivity index (χ0) is 13.6. The van der Waals surface area contributed by atoms with E-state index in [1.807, 2.05) is 0 Å². The summed E-state index contributed by atoms with van der Waals surface area (Å²) in [6.07, 6.45) is 2.22. The normalized spacial score (nSPS) is 13.3. The lowest BCUT2D eigenvalue weighted by Gasteiger charge is -2.26. The van der Waals surface area contributed by atoms with Crippen molar-refractivity contribution in [2.24, 2.45) is 0 Å². The van der Waals surface area contributed by atoms with E-state index >= 15 is 0 Å². The van der Waals surface area contributed by atoms with E-state index in [4.69, 9.17) is 0 Å². The molecule has 0 nitrogen and oxygen atoms in total. The summed E-state index contributed by atoms with van der Waals surface area (Å²) in [5, 5.41) is 0. The molecule has 0 unspecified atom stereocenters. The molecule has 98 valence electrons. The standard InChI is InChI=1S/C19H22/c1-5-13-10-11-16-15-9-7-6-8-14(15)12-17(16)18(13)19(2,3)4/h6-11H,5,12H2,1-4H3. The minimum absolute atomic E-state index is 0.221. The zero-order valence-corrected chi connectivity index (χ0v) is 12.4. The average Bonchev–Trinajstić information content (AvgIpc) is 2.74. The zero-order valence-electron chi connectivity index (χ0n) is 12.4. The van der Waals surface area contributed by atoms with Gasteiger partial charge in [0.15, 0.2) is 0 Å². The summed E-state index contributed by atoms with van der Waals surface area (Å²) in [6, 6.07) is 13.5. The van der Waals surface area contributed by atoms with Gasteiger partial charge in [-0.25, -0.2) is 0 Å². The van der Waals surface area contributed by atoms with Crippen LogP contribution in [0.15, 0.2) is 36.4 Å². The maximum absolute atomic E-state index is 2.34. The highest BCUT2D eigenvalue weighted by atomic mass is 14.3. The fourth-order valence-electron chi connectivity index (χ4n) is 3.49. The number of aryl methyl sites for hydroxylation is 1. The largest absolute Gasteiger partial charge is 0.0619 e. The molecular weight excluding hydrogens is 228 g/mol. The molecule has 0 amide bonds. The van der Waals surface area contributed by atoms with Gasteiger partial charge in [-0.05, 0) is 51.6 Å². The van der Waals surface area contributed by atoms with Gasteiger partial charge in [-0.2, -0.15) is 0 Å². The van der Waals surface area contributed by atoms with E-state index in [0.29, 0.717) is 0 Å². The molecule has 0 spiro atoms. The second-order valence-corrected chi connectivity index (χ2v) is 6.56. The first-order chi connectivity index (χ1) is 9.02. The van der Waals surface area contributed by atoms with Gasteiger partial charge in [0.1, 0.15) is 0 Å². The van der Waals surface area contributed by atoms with Crippen molar-refractivity contribution in [3.63, 3.8) is 0 Å². The Balaban J connectivity index is 2.28. The third-order valence-corrected chi connectivity index (χ3v) is 4.20. The molecule has 0 bridgehead atoms. The van der Waals surface area contributed by atoms with E-state index in [-0.39, 0.29) is 5.41 Å². The number of rotatable bonds is 1. The maximum Gasteiger partial charge on any atom is -0.00104 e. The Morgan fingerprint density at radius 3 is 2.37 bits per heavy atom. The van der Waals surface area contributed by atoms with Crippen LogP contribution < -0.4 is 0 Å². The van der Waals surface area contributed by atoms with Crippen molar-refractivity contribution in [2.75, 3.05) is 0 Å². The molecule has 0 aliphatic heterocycles. The second kappa shape index (κ2) is 4.23. The SMILES string of the molecule is CCc1ccc2c(c1C(C)(C)C)Cc1ccccc1-2. The van der Waals surface area contributed by atoms with Crippen molar-refractivity contribution in [1.29, 1.82) is 0 Å². The molecule has 19 heavy (non-hydrogen) atoms. The molecule has 0 radical (unpaired) electrons. The number of fused-ring (bicyclic) bond motifs is 3. The summed E-state index contributed by atoms with van der Waals surface area (Å²) in [6.45, 7) is 9.28. The van der Waals surface area contributed by atoms with E-state index in [9.17, 15) is 0 Å². The molecule has 1 aliphatic rings. The third-order valence-electron chi connectivity index (χ3n) is 4.20. The average molecular weight is 250 g/mol. The lowest BCUT2D eigenvalue weighted by molar-refractivity contribution is 0.578. The fourth-order valence-corrected chi connectivity index (χ4v) is 3.49. The molecule has 0 saturated carbocycles. The Morgan fingerprint density at radius 2 is 1.68 bits per heavy atom. The topological polar surface area (TPSA) is 0 Å². The molecule has 1 aliphatic carbocycles. The molecular formula is C19H22. The van der Waals surface area contributed by atoms with Gasteiger partial charge >= 0.3 is 0 Å². The Morgan fingerprint density at radius 1 is 0.947 bits per heavy atom. The van der Waals surface area contributed by atoms with Crippen LogP contribution in [0.1, 0.15) is 49.9 Å². The van der Waals surface area contributed by atoms with Gasteiger partial charge in [-0.3, -0.25) is 0 Å². The van der Waals surface area contributed by atoms with Crippen LogP contribution in [0.2, 0.25) is 0 Å². The number of hydrogen-bond acceptors (Lipinski definition) is 0. The molecule has 0 N–H and O–H groups in total. The predicted molar refractivity (Wildman–Crippen MR) is 82.8 cm³/mol. The smallest absolute Gasteiger partial charge is 0.00104 e. The Kier molecular flexibility index (Phi) is 2.78. The fraction of sp³-hybridized carbons (Fsp3) is 0.368. The molecule has 0 saturated heterocycles.